The predicted octanol–water partition coefficient (Wildman–Crippen LogP) is 3.45. The summed E-state index contributed by atoms with van der Waals surface area (Å²) in [5, 5.41) is 23.1. The van der Waals surface area contributed by atoms with Gasteiger partial charge in [0.05, 0.1) is 24.5 Å². The van der Waals surface area contributed by atoms with E-state index in [0.717, 1.165) is 5.57 Å². The molecule has 8 N–H and O–H groups in total. The molecular weight excluding hydrogens is 1010 g/mol. The molecule has 6 fully saturated rings. The molecule has 4 aliphatic heterocycles. The lowest BCUT2D eigenvalue weighted by Gasteiger charge is -2.39. The summed E-state index contributed by atoms with van der Waals surface area (Å²) in [6, 6.07) is 13.4. The standard InChI is InChI=1S/C56H70F2N12O8/c1-31(59-3)49(71)61-28-34-29-67(23-21-37-17-19-47(69(37)53(34)75)51(73)62-27-33-25-41(33)39-9-5-7-11-43(39)57)55(77)63-35-13-15-36(16-14-35)64-56(78)68-24-22-38-18-20-48(70(38)54(76)46(30-68)66-50(72)32(2)60-4)52(74)65-45-26-42(45)40-10-6-8-12-44(40)58/h5-16,27,31-32,34,37-38,41-42,45-48,59-60H,17-26,28-30H2,1-4H3,(H,61,71)(H,62,73)(H,63,77)(H,64,78)(H,65,74)(H,66,72). The van der Waals surface area contributed by atoms with Crippen molar-refractivity contribution in [2.75, 3.05) is 57.5 Å². The number of amides is 10. The summed E-state index contributed by atoms with van der Waals surface area (Å²) in [7, 11) is 3.25. The van der Waals surface area contributed by atoms with Crippen molar-refractivity contribution in [2.24, 2.45) is 5.92 Å². The maximum atomic E-state index is 14.5. The highest BCUT2D eigenvalue weighted by Gasteiger charge is 2.49. The predicted molar refractivity (Wildman–Crippen MR) is 285 cm³/mol. The third kappa shape index (κ3) is 12.4. The molecule has 2 aliphatic carbocycles. The summed E-state index contributed by atoms with van der Waals surface area (Å²) in [5.41, 5.74) is 2.76. The second kappa shape index (κ2) is 24.1. The van der Waals surface area contributed by atoms with Crippen LogP contribution in [0.2, 0.25) is 0 Å². The average molecular weight is 1080 g/mol. The van der Waals surface area contributed by atoms with Gasteiger partial charge in [-0.1, -0.05) is 36.4 Å². The molecule has 4 heterocycles. The number of anilines is 2. The van der Waals surface area contributed by atoms with Crippen LogP contribution in [-0.2, 0) is 28.8 Å². The Balaban J connectivity index is 0.823. The topological polar surface area (TPSA) is 246 Å². The molecule has 20 nitrogen and oxygen atoms in total. The molecule has 416 valence electrons. The Labute approximate surface area is 452 Å². The molecule has 0 bridgehead atoms. The van der Waals surface area contributed by atoms with Crippen molar-refractivity contribution in [3.05, 3.63) is 107 Å². The van der Waals surface area contributed by atoms with E-state index in [1.165, 1.54) is 21.9 Å². The Bertz CT molecular complexity index is 2820. The highest BCUT2D eigenvalue weighted by Crippen LogP contribution is 2.47. The van der Waals surface area contributed by atoms with E-state index in [-0.39, 0.29) is 91.9 Å². The molecular formula is C56H70F2N12O8. The Hall–Kier alpha value is -7.46. The quantitative estimate of drug-likeness (QED) is 0.110. The van der Waals surface area contributed by atoms with Crippen LogP contribution in [0.15, 0.2) is 84.6 Å². The molecule has 6 aliphatic rings. The summed E-state index contributed by atoms with van der Waals surface area (Å²) in [4.78, 5) is 117. The summed E-state index contributed by atoms with van der Waals surface area (Å²) in [6.45, 7) is 3.44. The van der Waals surface area contributed by atoms with Crippen molar-refractivity contribution in [3.8, 4) is 0 Å². The smallest absolute Gasteiger partial charge is 0.321 e. The van der Waals surface area contributed by atoms with E-state index in [1.54, 1.807) is 105 Å². The van der Waals surface area contributed by atoms with E-state index in [2.05, 4.69) is 42.5 Å². The molecule has 10 amide bonds. The normalized spacial score (nSPS) is 26.9. The number of benzene rings is 3. The van der Waals surface area contributed by atoms with Crippen LogP contribution < -0.4 is 42.5 Å². The maximum Gasteiger partial charge on any atom is 0.321 e. The van der Waals surface area contributed by atoms with Gasteiger partial charge in [-0.15, -0.1) is 0 Å². The second-order valence-electron chi connectivity index (χ2n) is 21.4. The number of nitrogens with zero attached hydrogens (tertiary/aromatic N) is 4. The zero-order valence-electron chi connectivity index (χ0n) is 44.4. The number of fused-ring (bicyclic) bond motifs is 2. The third-order valence-electron chi connectivity index (χ3n) is 16.4. The van der Waals surface area contributed by atoms with Gasteiger partial charge in [0.1, 0.15) is 29.8 Å². The number of hydrogen-bond donors (Lipinski definition) is 8. The molecule has 0 radical (unpaired) electrons. The summed E-state index contributed by atoms with van der Waals surface area (Å²) < 4.78 is 29.0. The van der Waals surface area contributed by atoms with Crippen LogP contribution in [-0.4, -0.2) is 162 Å². The fourth-order valence-corrected chi connectivity index (χ4v) is 11.4. The lowest BCUT2D eigenvalue weighted by atomic mass is 10.0. The summed E-state index contributed by atoms with van der Waals surface area (Å²) in [6.07, 6.45) is 5.39. The fraction of sp³-hybridized carbons (Fsp3) is 0.500. The van der Waals surface area contributed by atoms with E-state index in [0.29, 0.717) is 73.9 Å². The van der Waals surface area contributed by atoms with Crippen molar-refractivity contribution >= 4 is 58.9 Å². The van der Waals surface area contributed by atoms with E-state index < -0.39 is 66.0 Å². The van der Waals surface area contributed by atoms with Gasteiger partial charge in [-0.05, 0) is 132 Å². The second-order valence-corrected chi connectivity index (χ2v) is 21.4. The molecule has 2 saturated carbocycles. The third-order valence-corrected chi connectivity index (χ3v) is 16.4. The molecule has 11 atom stereocenters. The molecule has 3 aromatic rings. The minimum atomic E-state index is -1.18. The fourth-order valence-electron chi connectivity index (χ4n) is 11.4. The lowest BCUT2D eigenvalue weighted by Crippen LogP contribution is -2.62. The first kappa shape index (κ1) is 55.3. The van der Waals surface area contributed by atoms with Crippen LogP contribution in [0, 0.1) is 17.6 Å². The van der Waals surface area contributed by atoms with E-state index in [1.807, 2.05) is 0 Å². The molecule has 0 aromatic heterocycles. The highest BCUT2D eigenvalue weighted by molar-refractivity contribution is 5.96. The van der Waals surface area contributed by atoms with Crippen molar-refractivity contribution in [1.82, 2.24) is 51.5 Å². The molecule has 11 unspecified atom stereocenters. The van der Waals surface area contributed by atoms with Gasteiger partial charge in [0.2, 0.25) is 35.4 Å². The number of urea groups is 2. The number of carbonyl (C=O) groups excluding carboxylic acids is 8. The Kier molecular flexibility index (Phi) is 17.1. The number of likely N-dealkylation sites (N-methyl/N-ethyl adjacent to an activating group) is 2. The van der Waals surface area contributed by atoms with Crippen molar-refractivity contribution in [2.45, 2.75) is 125 Å². The SMILES string of the molecule is CNC(C)C(=O)NCC1CN(C(=O)Nc2ccc(NC(=O)N3CCC4CCC(C(=O)NC5CC5c5ccccc5F)N4C(=O)C(NC(=O)C(C)NC)C3)cc2)CCC2CCC(C(=O)NC=C3CC3c3ccccc3F)N2C1=O. The van der Waals surface area contributed by atoms with Crippen molar-refractivity contribution < 1.29 is 47.1 Å². The van der Waals surface area contributed by atoms with Crippen molar-refractivity contribution in [1.29, 1.82) is 0 Å². The zero-order chi connectivity index (χ0) is 55.4. The first-order chi connectivity index (χ1) is 37.5. The number of carbonyl (C=O) groups is 8. The van der Waals surface area contributed by atoms with Gasteiger partial charge in [0, 0.05) is 73.7 Å². The van der Waals surface area contributed by atoms with Gasteiger partial charge in [0.15, 0.2) is 0 Å². The van der Waals surface area contributed by atoms with Gasteiger partial charge in [-0.3, -0.25) is 28.8 Å². The molecule has 4 saturated heterocycles. The number of allylic oxidation sites excluding steroid dienone is 1. The summed E-state index contributed by atoms with van der Waals surface area (Å²) >= 11 is 0. The first-order valence-electron chi connectivity index (χ1n) is 27.1. The monoisotopic (exact) mass is 1080 g/mol. The number of hydrogen-bond acceptors (Lipinski definition) is 10. The van der Waals surface area contributed by atoms with Gasteiger partial charge in [-0.2, -0.15) is 0 Å². The van der Waals surface area contributed by atoms with Crippen LogP contribution in [0.3, 0.4) is 0 Å². The lowest BCUT2D eigenvalue weighted by molar-refractivity contribution is -0.145. The number of nitrogens with one attached hydrogen (secondary N) is 8. The zero-order valence-corrected chi connectivity index (χ0v) is 44.4. The molecule has 9 rings (SSSR count). The van der Waals surface area contributed by atoms with Gasteiger partial charge in [-0.25, -0.2) is 18.4 Å². The van der Waals surface area contributed by atoms with E-state index >= 15 is 0 Å². The molecule has 78 heavy (non-hydrogen) atoms. The average Bonchev–Trinajstić information content (AvgIpc) is 4.32. The minimum Gasteiger partial charge on any atom is -0.354 e. The summed E-state index contributed by atoms with van der Waals surface area (Å²) in [5.74, 6) is -4.15. The largest absolute Gasteiger partial charge is 0.354 e. The van der Waals surface area contributed by atoms with Crippen LogP contribution in [0.1, 0.15) is 88.2 Å². The molecule has 0 spiro atoms. The van der Waals surface area contributed by atoms with E-state index in [9.17, 15) is 47.1 Å². The molecule has 22 heteroatoms. The van der Waals surface area contributed by atoms with Gasteiger partial charge < -0.3 is 62.1 Å². The highest BCUT2D eigenvalue weighted by atomic mass is 19.1. The minimum absolute atomic E-state index is 0.0585. The van der Waals surface area contributed by atoms with E-state index in [4.69, 9.17) is 0 Å². The van der Waals surface area contributed by atoms with Crippen LogP contribution in [0.25, 0.3) is 0 Å². The van der Waals surface area contributed by atoms with Crippen LogP contribution >= 0.6 is 0 Å². The van der Waals surface area contributed by atoms with Crippen molar-refractivity contribution in [3.63, 3.8) is 0 Å². The first-order valence-corrected chi connectivity index (χ1v) is 27.1. The van der Waals surface area contributed by atoms with Gasteiger partial charge >= 0.3 is 12.1 Å². The Morgan fingerprint density at radius 1 is 0.641 bits per heavy atom. The number of halogens is 2. The van der Waals surface area contributed by atoms with Crippen LogP contribution in [0.4, 0.5) is 29.7 Å². The molecule has 3 aromatic carbocycles. The Morgan fingerprint density at radius 3 is 1.77 bits per heavy atom. The maximum absolute atomic E-state index is 14.5. The number of rotatable bonds is 15. The van der Waals surface area contributed by atoms with Gasteiger partial charge in [0.25, 0.3) is 0 Å². The Morgan fingerprint density at radius 2 is 1.18 bits per heavy atom. The van der Waals surface area contributed by atoms with Crippen LogP contribution in [0.5, 0.6) is 0 Å².